The molecule has 61 valence electrons. The van der Waals surface area contributed by atoms with Crippen LogP contribution in [0.25, 0.3) is 10.9 Å². The molecule has 0 spiro atoms. The number of aliphatic hydroxyl groups excluding tert-OH is 1. The monoisotopic (exact) mass is 160 g/mol. The zero-order chi connectivity index (χ0) is 8.55. The molecule has 0 bridgehead atoms. The lowest BCUT2D eigenvalue weighted by molar-refractivity contribution is 0.129. The molecule has 2 heteroatoms. The summed E-state index contributed by atoms with van der Waals surface area (Å²) in [5.41, 5.74) is 1.05. The van der Waals surface area contributed by atoms with E-state index >= 15 is 0 Å². The van der Waals surface area contributed by atoms with E-state index in [1.54, 1.807) is 6.92 Å². The Morgan fingerprint density at radius 2 is 2.33 bits per heavy atom. The van der Waals surface area contributed by atoms with Crippen LogP contribution < -0.4 is 0 Å². The standard InChI is InChI=1S/C10H10NO/c1-8(12)11-7-6-9-4-2-3-5-10(9)11/h3-8,12H,1H3. The number of hydrogen-bond acceptors (Lipinski definition) is 1. The number of aliphatic hydroxyl groups is 1. The van der Waals surface area contributed by atoms with Crippen molar-refractivity contribution in [1.82, 2.24) is 4.57 Å². The maximum Gasteiger partial charge on any atom is 0.127 e. The predicted octanol–water partition coefficient (Wildman–Crippen LogP) is 1.95. The fraction of sp³-hybridized carbons (Fsp3) is 0.200. The Balaban J connectivity index is 2.70. The minimum Gasteiger partial charge on any atom is -0.374 e. The summed E-state index contributed by atoms with van der Waals surface area (Å²) in [4.78, 5) is 0. The number of aromatic nitrogens is 1. The van der Waals surface area contributed by atoms with E-state index in [1.807, 2.05) is 35.0 Å². The number of hydrogen-bond donors (Lipinski definition) is 1. The maximum absolute atomic E-state index is 9.36. The topological polar surface area (TPSA) is 25.2 Å². The Morgan fingerprint density at radius 3 is 3.08 bits per heavy atom. The minimum absolute atomic E-state index is 0.468. The highest BCUT2D eigenvalue weighted by Crippen LogP contribution is 2.17. The first kappa shape index (κ1) is 7.37. The van der Waals surface area contributed by atoms with E-state index in [0.717, 1.165) is 10.9 Å². The lowest BCUT2D eigenvalue weighted by Crippen LogP contribution is -2.00. The van der Waals surface area contributed by atoms with Crippen LogP contribution in [0.4, 0.5) is 0 Å². The fourth-order valence-corrected chi connectivity index (χ4v) is 1.37. The molecular formula is C10H10NO. The number of rotatable bonds is 1. The fourth-order valence-electron chi connectivity index (χ4n) is 1.37. The zero-order valence-electron chi connectivity index (χ0n) is 6.86. The highest BCUT2D eigenvalue weighted by atomic mass is 16.3. The van der Waals surface area contributed by atoms with Crippen LogP contribution in [0.5, 0.6) is 0 Å². The second kappa shape index (κ2) is 2.64. The van der Waals surface area contributed by atoms with Gasteiger partial charge in [-0.1, -0.05) is 6.07 Å². The summed E-state index contributed by atoms with van der Waals surface area (Å²) in [6.07, 6.45) is 1.41. The normalized spacial score (nSPS) is 13.5. The summed E-state index contributed by atoms with van der Waals surface area (Å²) in [7, 11) is 0. The second-order valence-corrected chi connectivity index (χ2v) is 2.84. The van der Waals surface area contributed by atoms with E-state index in [0.29, 0.717) is 0 Å². The minimum atomic E-state index is -0.468. The molecule has 1 atom stereocenters. The first-order valence-electron chi connectivity index (χ1n) is 3.94. The predicted molar refractivity (Wildman–Crippen MR) is 47.7 cm³/mol. The van der Waals surface area contributed by atoms with Crippen molar-refractivity contribution in [1.29, 1.82) is 0 Å². The van der Waals surface area contributed by atoms with Gasteiger partial charge in [-0.05, 0) is 31.2 Å². The van der Waals surface area contributed by atoms with Crippen LogP contribution in [0.3, 0.4) is 0 Å². The van der Waals surface area contributed by atoms with E-state index < -0.39 is 6.23 Å². The first-order chi connectivity index (χ1) is 5.79. The molecule has 0 saturated carbocycles. The maximum atomic E-state index is 9.36. The largest absolute Gasteiger partial charge is 0.374 e. The van der Waals surface area contributed by atoms with Gasteiger partial charge in [0.25, 0.3) is 0 Å². The van der Waals surface area contributed by atoms with Gasteiger partial charge < -0.3 is 9.67 Å². The van der Waals surface area contributed by atoms with E-state index in [9.17, 15) is 5.11 Å². The van der Waals surface area contributed by atoms with Gasteiger partial charge in [-0.3, -0.25) is 0 Å². The molecule has 1 radical (unpaired) electrons. The average molecular weight is 160 g/mol. The molecule has 1 heterocycles. The lowest BCUT2D eigenvalue weighted by atomic mass is 10.2. The van der Waals surface area contributed by atoms with Gasteiger partial charge in [-0.2, -0.15) is 0 Å². The first-order valence-corrected chi connectivity index (χ1v) is 3.94. The molecule has 2 aromatic rings. The summed E-state index contributed by atoms with van der Waals surface area (Å²) in [6.45, 7) is 1.75. The van der Waals surface area contributed by atoms with Gasteiger partial charge in [0.2, 0.25) is 0 Å². The van der Waals surface area contributed by atoms with E-state index in [4.69, 9.17) is 0 Å². The lowest BCUT2D eigenvalue weighted by Gasteiger charge is -2.07. The second-order valence-electron chi connectivity index (χ2n) is 2.84. The van der Waals surface area contributed by atoms with E-state index in [-0.39, 0.29) is 0 Å². The van der Waals surface area contributed by atoms with E-state index in [2.05, 4.69) is 6.07 Å². The Hall–Kier alpha value is -1.28. The van der Waals surface area contributed by atoms with Gasteiger partial charge in [-0.25, -0.2) is 0 Å². The third-order valence-electron chi connectivity index (χ3n) is 1.97. The van der Waals surface area contributed by atoms with Crippen molar-refractivity contribution in [2.45, 2.75) is 13.2 Å². The highest BCUT2D eigenvalue weighted by molar-refractivity contribution is 5.79. The summed E-state index contributed by atoms with van der Waals surface area (Å²) < 4.78 is 1.82. The average Bonchev–Trinajstić information content (AvgIpc) is 2.47. The Bertz CT molecular complexity index is 389. The van der Waals surface area contributed by atoms with Crippen molar-refractivity contribution in [3.05, 3.63) is 36.5 Å². The van der Waals surface area contributed by atoms with Gasteiger partial charge in [0.1, 0.15) is 6.23 Å². The quantitative estimate of drug-likeness (QED) is 0.677. The molecule has 1 unspecified atom stereocenters. The summed E-state index contributed by atoms with van der Waals surface area (Å²) in [5, 5.41) is 10.5. The van der Waals surface area contributed by atoms with Crippen LogP contribution in [0.15, 0.2) is 30.5 Å². The number of nitrogens with zero attached hydrogens (tertiary/aromatic N) is 1. The molecule has 0 saturated heterocycles. The van der Waals surface area contributed by atoms with Crippen molar-refractivity contribution < 1.29 is 5.11 Å². The van der Waals surface area contributed by atoms with Crippen LogP contribution in [0.2, 0.25) is 0 Å². The highest BCUT2D eigenvalue weighted by Gasteiger charge is 2.02. The van der Waals surface area contributed by atoms with E-state index in [1.165, 1.54) is 0 Å². The molecule has 0 aliphatic rings. The molecule has 0 amide bonds. The molecular weight excluding hydrogens is 150 g/mol. The van der Waals surface area contributed by atoms with Crippen LogP contribution >= 0.6 is 0 Å². The van der Waals surface area contributed by atoms with Crippen LogP contribution in [0.1, 0.15) is 13.2 Å². The molecule has 1 aromatic heterocycles. The van der Waals surface area contributed by atoms with Gasteiger partial charge in [-0.15, -0.1) is 0 Å². The van der Waals surface area contributed by atoms with Crippen molar-refractivity contribution in [2.24, 2.45) is 0 Å². The number of fused-ring (bicyclic) bond motifs is 1. The molecule has 12 heavy (non-hydrogen) atoms. The molecule has 2 nitrogen and oxygen atoms in total. The molecule has 1 N–H and O–H groups in total. The van der Waals surface area contributed by atoms with Crippen LogP contribution in [-0.4, -0.2) is 9.67 Å². The van der Waals surface area contributed by atoms with Crippen LogP contribution in [0, 0.1) is 6.07 Å². The SMILES string of the molecule is CC(O)n1ccc2c[c]ccc21. The van der Waals surface area contributed by atoms with Crippen molar-refractivity contribution in [2.75, 3.05) is 0 Å². The third kappa shape index (κ3) is 1.01. The van der Waals surface area contributed by atoms with Gasteiger partial charge in [0, 0.05) is 11.6 Å². The molecule has 1 aromatic carbocycles. The smallest absolute Gasteiger partial charge is 0.127 e. The van der Waals surface area contributed by atoms with Gasteiger partial charge >= 0.3 is 0 Å². The van der Waals surface area contributed by atoms with Crippen molar-refractivity contribution >= 4 is 10.9 Å². The Kier molecular flexibility index (Phi) is 1.62. The summed E-state index contributed by atoms with van der Waals surface area (Å²) in [5.74, 6) is 0. The van der Waals surface area contributed by atoms with Gasteiger partial charge in [0.05, 0.1) is 5.52 Å². The number of benzene rings is 1. The summed E-state index contributed by atoms with van der Waals surface area (Å²) >= 11 is 0. The Morgan fingerprint density at radius 1 is 1.50 bits per heavy atom. The molecule has 0 fully saturated rings. The Labute approximate surface area is 71.1 Å². The third-order valence-corrected chi connectivity index (χ3v) is 1.97. The summed E-state index contributed by atoms with van der Waals surface area (Å²) in [6, 6.07) is 10.7. The molecule has 2 rings (SSSR count). The van der Waals surface area contributed by atoms with Crippen LogP contribution in [-0.2, 0) is 0 Å². The van der Waals surface area contributed by atoms with Gasteiger partial charge in [0.15, 0.2) is 0 Å². The molecule has 0 aliphatic heterocycles. The molecule has 0 aliphatic carbocycles. The zero-order valence-corrected chi connectivity index (χ0v) is 6.86. The van der Waals surface area contributed by atoms with Crippen molar-refractivity contribution in [3.63, 3.8) is 0 Å². The van der Waals surface area contributed by atoms with Crippen molar-refractivity contribution in [3.8, 4) is 0 Å².